The van der Waals surface area contributed by atoms with Crippen LogP contribution in [-0.4, -0.2) is 16.3 Å². The molecule has 1 atom stereocenters. The minimum absolute atomic E-state index is 0.0934. The number of thiocarbonyl (C=S) groups is 1. The lowest BCUT2D eigenvalue weighted by molar-refractivity contribution is -0.122. The number of carbonyl (C=O) groups is 1. The van der Waals surface area contributed by atoms with Crippen LogP contribution in [0.15, 0.2) is 60.7 Å². The Balaban J connectivity index is 1.98. The fourth-order valence-corrected chi connectivity index (χ4v) is 2.41. The van der Waals surface area contributed by atoms with Crippen molar-refractivity contribution < 1.29 is 4.79 Å². The molecule has 22 heavy (non-hydrogen) atoms. The van der Waals surface area contributed by atoms with Gasteiger partial charge in [0.05, 0.1) is 0 Å². The minimum atomic E-state index is -0.434. The van der Waals surface area contributed by atoms with E-state index >= 15 is 0 Å². The van der Waals surface area contributed by atoms with Crippen molar-refractivity contribution in [3.05, 3.63) is 71.8 Å². The van der Waals surface area contributed by atoms with Crippen LogP contribution in [0.4, 0.5) is 0 Å². The van der Waals surface area contributed by atoms with Gasteiger partial charge in [0.15, 0.2) is 0 Å². The molecule has 5 heteroatoms. The quantitative estimate of drug-likeness (QED) is 0.563. The van der Waals surface area contributed by atoms with Gasteiger partial charge >= 0.3 is 0 Å². The van der Waals surface area contributed by atoms with Gasteiger partial charge in [-0.3, -0.25) is 4.79 Å². The topological polar surface area (TPSA) is 41.1 Å². The summed E-state index contributed by atoms with van der Waals surface area (Å²) in [5, 5.41) is 5.88. The van der Waals surface area contributed by atoms with Crippen molar-refractivity contribution in [2.45, 2.75) is 19.0 Å². The molecule has 0 aliphatic rings. The van der Waals surface area contributed by atoms with Gasteiger partial charge in [0.2, 0.25) is 5.91 Å². The van der Waals surface area contributed by atoms with E-state index < -0.39 is 6.04 Å². The standard InChI is InChI=1S/C17H18N2OS2/c20-16(18-12-14-9-5-2-6-10-14)15(19-17(21)22)11-13-7-3-1-4-8-13/h1-10,15H,11-12H2,(H,18,20)(H2,19,21,22)/t15-/m0/s1. The van der Waals surface area contributed by atoms with Crippen molar-refractivity contribution in [1.29, 1.82) is 0 Å². The Morgan fingerprint density at radius 3 is 2.09 bits per heavy atom. The van der Waals surface area contributed by atoms with Gasteiger partial charge in [0.25, 0.3) is 0 Å². The third kappa shape index (κ3) is 5.50. The molecule has 0 radical (unpaired) electrons. The highest BCUT2D eigenvalue weighted by Gasteiger charge is 2.18. The van der Waals surface area contributed by atoms with E-state index in [2.05, 4.69) is 23.3 Å². The first-order chi connectivity index (χ1) is 10.6. The molecule has 0 aliphatic carbocycles. The summed E-state index contributed by atoms with van der Waals surface area (Å²) in [5.41, 5.74) is 2.13. The van der Waals surface area contributed by atoms with E-state index in [4.69, 9.17) is 12.2 Å². The molecule has 0 spiro atoms. The zero-order valence-electron chi connectivity index (χ0n) is 12.0. The Kier molecular flexibility index (Phi) is 6.43. The van der Waals surface area contributed by atoms with Crippen LogP contribution in [0, 0.1) is 0 Å². The third-order valence-corrected chi connectivity index (χ3v) is 3.45. The van der Waals surface area contributed by atoms with Crippen molar-refractivity contribution in [2.24, 2.45) is 0 Å². The highest BCUT2D eigenvalue weighted by atomic mass is 32.1. The van der Waals surface area contributed by atoms with Gasteiger partial charge in [-0.05, 0) is 11.1 Å². The van der Waals surface area contributed by atoms with Crippen molar-refractivity contribution >= 4 is 35.1 Å². The van der Waals surface area contributed by atoms with Gasteiger partial charge < -0.3 is 10.6 Å². The molecule has 3 nitrogen and oxygen atoms in total. The SMILES string of the molecule is O=C(NCc1ccccc1)[C@H](Cc1ccccc1)NC(=S)S. The number of thiol groups is 1. The number of nitrogens with one attached hydrogen (secondary N) is 2. The average Bonchev–Trinajstić information content (AvgIpc) is 2.53. The molecule has 0 aliphatic heterocycles. The van der Waals surface area contributed by atoms with E-state index in [-0.39, 0.29) is 5.91 Å². The van der Waals surface area contributed by atoms with E-state index in [1.807, 2.05) is 60.7 Å². The van der Waals surface area contributed by atoms with E-state index in [9.17, 15) is 4.79 Å². The zero-order chi connectivity index (χ0) is 15.8. The van der Waals surface area contributed by atoms with Crippen LogP contribution in [0.3, 0.4) is 0 Å². The summed E-state index contributed by atoms with van der Waals surface area (Å²) in [6.45, 7) is 0.492. The molecular weight excluding hydrogens is 312 g/mol. The lowest BCUT2D eigenvalue weighted by Crippen LogP contribution is -2.46. The molecule has 2 aromatic carbocycles. The number of carbonyl (C=O) groups excluding carboxylic acids is 1. The van der Waals surface area contributed by atoms with Gasteiger partial charge in [-0.2, -0.15) is 0 Å². The van der Waals surface area contributed by atoms with Crippen molar-refractivity contribution in [3.63, 3.8) is 0 Å². The molecule has 0 aromatic heterocycles. The largest absolute Gasteiger partial charge is 0.359 e. The van der Waals surface area contributed by atoms with Gasteiger partial charge in [-0.1, -0.05) is 72.9 Å². The van der Waals surface area contributed by atoms with Crippen molar-refractivity contribution in [2.75, 3.05) is 0 Å². The number of hydrogen-bond donors (Lipinski definition) is 3. The predicted octanol–water partition coefficient (Wildman–Crippen LogP) is 2.72. The summed E-state index contributed by atoms with van der Waals surface area (Å²) in [4.78, 5) is 12.4. The van der Waals surface area contributed by atoms with Crippen LogP contribution in [0.1, 0.15) is 11.1 Å². The monoisotopic (exact) mass is 330 g/mol. The molecular formula is C17H18N2OS2. The average molecular weight is 330 g/mol. The summed E-state index contributed by atoms with van der Waals surface area (Å²) in [5.74, 6) is -0.0934. The lowest BCUT2D eigenvalue weighted by atomic mass is 10.1. The summed E-state index contributed by atoms with van der Waals surface area (Å²) >= 11 is 9.03. The molecule has 2 rings (SSSR count). The summed E-state index contributed by atoms with van der Waals surface area (Å²) in [6, 6.07) is 19.2. The maximum Gasteiger partial charge on any atom is 0.243 e. The lowest BCUT2D eigenvalue weighted by Gasteiger charge is -2.18. The highest BCUT2D eigenvalue weighted by Crippen LogP contribution is 2.05. The molecule has 0 saturated carbocycles. The van der Waals surface area contributed by atoms with Gasteiger partial charge in [-0.25, -0.2) is 0 Å². The van der Waals surface area contributed by atoms with Gasteiger partial charge in [0, 0.05) is 13.0 Å². The second-order valence-electron chi connectivity index (χ2n) is 4.90. The van der Waals surface area contributed by atoms with Crippen molar-refractivity contribution in [1.82, 2.24) is 10.6 Å². The van der Waals surface area contributed by atoms with Crippen LogP contribution in [0.25, 0.3) is 0 Å². The molecule has 0 saturated heterocycles. The van der Waals surface area contributed by atoms with Crippen LogP contribution in [0.2, 0.25) is 0 Å². The minimum Gasteiger partial charge on any atom is -0.359 e. The zero-order valence-corrected chi connectivity index (χ0v) is 13.7. The second-order valence-corrected chi connectivity index (χ2v) is 6.05. The van der Waals surface area contributed by atoms with Crippen LogP contribution >= 0.6 is 24.8 Å². The first-order valence-electron chi connectivity index (χ1n) is 7.00. The van der Waals surface area contributed by atoms with Gasteiger partial charge in [0.1, 0.15) is 10.4 Å². The summed E-state index contributed by atoms with van der Waals surface area (Å²) < 4.78 is 0.316. The second kappa shape index (κ2) is 8.56. The smallest absolute Gasteiger partial charge is 0.243 e. The Labute approximate surface area is 141 Å². The molecule has 1 amide bonds. The predicted molar refractivity (Wildman–Crippen MR) is 96.9 cm³/mol. The molecule has 0 heterocycles. The first kappa shape index (κ1) is 16.5. The Hall–Kier alpha value is -1.85. The molecule has 2 N–H and O–H groups in total. The fraction of sp³-hybridized carbons (Fsp3) is 0.176. The molecule has 0 fully saturated rings. The van der Waals surface area contributed by atoms with Crippen LogP contribution in [0.5, 0.6) is 0 Å². The highest BCUT2D eigenvalue weighted by molar-refractivity contribution is 8.11. The van der Waals surface area contributed by atoms with E-state index in [1.54, 1.807) is 0 Å². The maximum atomic E-state index is 12.4. The fourth-order valence-electron chi connectivity index (χ4n) is 2.12. The number of hydrogen-bond acceptors (Lipinski definition) is 2. The number of rotatable bonds is 6. The van der Waals surface area contributed by atoms with Gasteiger partial charge in [-0.15, -0.1) is 12.6 Å². The van der Waals surface area contributed by atoms with Crippen molar-refractivity contribution in [3.8, 4) is 0 Å². The molecule has 0 unspecified atom stereocenters. The third-order valence-electron chi connectivity index (χ3n) is 3.21. The summed E-state index contributed by atoms with van der Waals surface area (Å²) in [6.07, 6.45) is 0.558. The maximum absolute atomic E-state index is 12.4. The van der Waals surface area contributed by atoms with Crippen LogP contribution < -0.4 is 10.6 Å². The Morgan fingerprint density at radius 2 is 1.55 bits per heavy atom. The summed E-state index contributed by atoms with van der Waals surface area (Å²) in [7, 11) is 0. The first-order valence-corrected chi connectivity index (χ1v) is 7.85. The molecule has 0 bridgehead atoms. The van der Waals surface area contributed by atoms with Crippen LogP contribution in [-0.2, 0) is 17.8 Å². The Morgan fingerprint density at radius 1 is 1.00 bits per heavy atom. The molecule has 114 valence electrons. The number of benzene rings is 2. The molecule has 2 aromatic rings. The van der Waals surface area contributed by atoms with E-state index in [0.717, 1.165) is 11.1 Å². The van der Waals surface area contributed by atoms with E-state index in [0.29, 0.717) is 17.3 Å². The normalized spacial score (nSPS) is 11.5. The Bertz CT molecular complexity index is 617. The number of amides is 1. The van der Waals surface area contributed by atoms with E-state index in [1.165, 1.54) is 0 Å².